The normalized spacial score (nSPS) is 21.5. The summed E-state index contributed by atoms with van der Waals surface area (Å²) in [6, 6.07) is 5.81. The molecule has 5 atom stereocenters. The standard InChI is InChI=1S/C26H36N6O7/c27-10-17(33)9-21-26(39)32-20(25(38)30-12-18(34)11-28)8-16-6-14(2-4-23(16)36)13-1-3-22(35)15(5-13)7-19(29)24(37)31-21/h1-6,17-21,33-36H,7-12,27-29H2,(H,30,38)(H,31,37)(H,32,39)/t17-,18?,19+,20-,21-/m0/s1. The molecule has 0 fully saturated rings. The van der Waals surface area contributed by atoms with E-state index in [1.165, 1.54) is 12.1 Å². The number of rotatable bonds is 7. The third kappa shape index (κ3) is 7.88. The predicted molar refractivity (Wildman–Crippen MR) is 142 cm³/mol. The van der Waals surface area contributed by atoms with Gasteiger partial charge in [0.2, 0.25) is 17.7 Å². The highest BCUT2D eigenvalue weighted by Gasteiger charge is 2.31. The molecule has 0 spiro atoms. The number of aliphatic hydroxyl groups excluding tert-OH is 2. The van der Waals surface area contributed by atoms with Gasteiger partial charge in [-0.05, 0) is 46.5 Å². The number of carbonyl (C=O) groups is 3. The summed E-state index contributed by atoms with van der Waals surface area (Å²) < 4.78 is 0. The number of nitrogens with two attached hydrogens (primary N) is 3. The van der Waals surface area contributed by atoms with Gasteiger partial charge < -0.3 is 53.6 Å². The van der Waals surface area contributed by atoms with Crippen LogP contribution >= 0.6 is 0 Å². The van der Waals surface area contributed by atoms with Gasteiger partial charge >= 0.3 is 0 Å². The molecule has 2 aromatic rings. The fourth-order valence-corrected chi connectivity index (χ4v) is 4.19. The van der Waals surface area contributed by atoms with Crippen LogP contribution in [0.3, 0.4) is 0 Å². The van der Waals surface area contributed by atoms with E-state index < -0.39 is 48.1 Å². The second-order valence-corrected chi connectivity index (χ2v) is 9.58. The molecule has 39 heavy (non-hydrogen) atoms. The lowest BCUT2D eigenvalue weighted by molar-refractivity contribution is -0.133. The average molecular weight is 545 g/mol. The van der Waals surface area contributed by atoms with Crippen LogP contribution in [0.15, 0.2) is 36.4 Å². The van der Waals surface area contributed by atoms with Crippen LogP contribution in [0.2, 0.25) is 0 Å². The molecule has 0 saturated heterocycles. The topological polar surface area (TPSA) is 246 Å². The van der Waals surface area contributed by atoms with Crippen LogP contribution in [0.1, 0.15) is 17.5 Å². The zero-order chi connectivity index (χ0) is 28.7. The van der Waals surface area contributed by atoms with Gasteiger partial charge in [-0.25, -0.2) is 0 Å². The van der Waals surface area contributed by atoms with Crippen molar-refractivity contribution in [3.8, 4) is 22.6 Å². The molecule has 1 heterocycles. The van der Waals surface area contributed by atoms with Crippen molar-refractivity contribution in [2.45, 2.75) is 49.6 Å². The largest absolute Gasteiger partial charge is 0.508 e. The highest BCUT2D eigenvalue weighted by Crippen LogP contribution is 2.30. The molecule has 1 aliphatic heterocycles. The first-order valence-electron chi connectivity index (χ1n) is 12.6. The van der Waals surface area contributed by atoms with Gasteiger partial charge in [0.1, 0.15) is 23.6 Å². The Balaban J connectivity index is 2.07. The van der Waals surface area contributed by atoms with Gasteiger partial charge in [0.05, 0.1) is 18.2 Å². The summed E-state index contributed by atoms with van der Waals surface area (Å²) in [6.45, 7) is -0.459. The average Bonchev–Trinajstić information content (AvgIpc) is 2.92. The number of hydrogen-bond acceptors (Lipinski definition) is 10. The van der Waals surface area contributed by atoms with Gasteiger partial charge in [-0.15, -0.1) is 0 Å². The van der Waals surface area contributed by atoms with E-state index in [2.05, 4.69) is 16.0 Å². The molecule has 0 aliphatic carbocycles. The smallest absolute Gasteiger partial charge is 0.243 e. The molecule has 1 aliphatic rings. The Hall–Kier alpha value is -3.75. The number of aliphatic hydroxyl groups is 2. The van der Waals surface area contributed by atoms with Crippen LogP contribution in [0.5, 0.6) is 11.5 Å². The Morgan fingerprint density at radius 3 is 2.03 bits per heavy atom. The maximum Gasteiger partial charge on any atom is 0.243 e. The Morgan fingerprint density at radius 2 is 1.46 bits per heavy atom. The maximum absolute atomic E-state index is 13.3. The molecule has 13 heteroatoms. The van der Waals surface area contributed by atoms with Crippen molar-refractivity contribution in [1.29, 1.82) is 0 Å². The second kappa shape index (κ2) is 13.4. The number of nitrogens with one attached hydrogen (secondary N) is 3. The Kier molecular flexibility index (Phi) is 10.2. The van der Waals surface area contributed by atoms with Crippen molar-refractivity contribution in [3.05, 3.63) is 47.5 Å². The number of phenols is 2. The third-order valence-corrected chi connectivity index (χ3v) is 6.52. The molecule has 13 N–H and O–H groups in total. The molecule has 1 unspecified atom stereocenters. The van der Waals surface area contributed by atoms with E-state index in [1.54, 1.807) is 24.3 Å². The number of phenolic OH excluding ortho intramolecular Hbond substituents is 2. The summed E-state index contributed by atoms with van der Waals surface area (Å²) in [6.07, 6.45) is -2.63. The maximum atomic E-state index is 13.3. The van der Waals surface area contributed by atoms with E-state index in [0.717, 1.165) is 0 Å². The molecule has 0 saturated carbocycles. The molecule has 0 radical (unpaired) electrons. The highest BCUT2D eigenvalue weighted by molar-refractivity contribution is 5.93. The molecule has 4 bridgehead atoms. The molecule has 0 aromatic heterocycles. The number of benzene rings is 2. The second-order valence-electron chi connectivity index (χ2n) is 9.58. The third-order valence-electron chi connectivity index (χ3n) is 6.52. The number of carbonyl (C=O) groups excluding carboxylic acids is 3. The Morgan fingerprint density at radius 1 is 0.897 bits per heavy atom. The van der Waals surface area contributed by atoms with Crippen molar-refractivity contribution >= 4 is 17.7 Å². The lowest BCUT2D eigenvalue weighted by atomic mass is 9.95. The van der Waals surface area contributed by atoms with Gasteiger partial charge in [-0.1, -0.05) is 12.1 Å². The van der Waals surface area contributed by atoms with Crippen LogP contribution in [0.4, 0.5) is 0 Å². The van der Waals surface area contributed by atoms with Crippen molar-refractivity contribution in [2.75, 3.05) is 19.6 Å². The van der Waals surface area contributed by atoms with Gasteiger partial charge in [0.15, 0.2) is 0 Å². The van der Waals surface area contributed by atoms with Crippen LogP contribution in [-0.2, 0) is 27.2 Å². The summed E-state index contributed by atoms with van der Waals surface area (Å²) in [5, 5.41) is 48.4. The minimum Gasteiger partial charge on any atom is -0.508 e. The summed E-state index contributed by atoms with van der Waals surface area (Å²) in [4.78, 5) is 39.3. The first-order chi connectivity index (χ1) is 18.5. The monoisotopic (exact) mass is 544 g/mol. The van der Waals surface area contributed by atoms with Crippen molar-refractivity contribution in [1.82, 2.24) is 16.0 Å². The van der Waals surface area contributed by atoms with Gasteiger partial charge in [0, 0.05) is 38.9 Å². The van der Waals surface area contributed by atoms with Crippen LogP contribution in [0, 0.1) is 0 Å². The first-order valence-corrected chi connectivity index (χ1v) is 12.6. The van der Waals surface area contributed by atoms with Crippen LogP contribution < -0.4 is 33.2 Å². The van der Waals surface area contributed by atoms with Crippen LogP contribution in [-0.4, -0.2) is 88.1 Å². The van der Waals surface area contributed by atoms with E-state index in [0.29, 0.717) is 22.3 Å². The zero-order valence-electron chi connectivity index (χ0n) is 21.3. The quantitative estimate of drug-likeness (QED) is 0.173. The molecular weight excluding hydrogens is 508 g/mol. The minimum absolute atomic E-state index is 0.0568. The summed E-state index contributed by atoms with van der Waals surface area (Å²) >= 11 is 0. The van der Waals surface area contributed by atoms with Crippen molar-refractivity contribution in [3.63, 3.8) is 0 Å². The van der Waals surface area contributed by atoms with E-state index >= 15 is 0 Å². The fourth-order valence-electron chi connectivity index (χ4n) is 4.19. The van der Waals surface area contributed by atoms with Gasteiger partial charge in [-0.3, -0.25) is 14.4 Å². The summed E-state index contributed by atoms with van der Waals surface area (Å²) in [5.41, 5.74) is 19.0. The Bertz CT molecular complexity index is 1190. The van der Waals surface area contributed by atoms with Gasteiger partial charge in [-0.2, -0.15) is 0 Å². The lowest BCUT2D eigenvalue weighted by Gasteiger charge is -2.26. The van der Waals surface area contributed by atoms with E-state index in [-0.39, 0.29) is 50.4 Å². The number of amides is 3. The molecule has 3 amide bonds. The summed E-state index contributed by atoms with van der Waals surface area (Å²) in [5.74, 6) is -2.38. The number of hydrogen-bond donors (Lipinski definition) is 10. The molecule has 3 rings (SSSR count). The summed E-state index contributed by atoms with van der Waals surface area (Å²) in [7, 11) is 0. The minimum atomic E-state index is -1.31. The SMILES string of the molecule is NCC(O)CNC(=O)[C@@H]1Cc2cc(ccc2O)-c2ccc(O)c(c2)C[C@@H](N)C(=O)N[C@@H](C[C@H](O)CN)C(=O)N1. The van der Waals surface area contributed by atoms with Crippen LogP contribution in [0.25, 0.3) is 11.1 Å². The van der Waals surface area contributed by atoms with Crippen molar-refractivity contribution < 1.29 is 34.8 Å². The van der Waals surface area contributed by atoms with Gasteiger partial charge in [0.25, 0.3) is 0 Å². The number of aromatic hydroxyl groups is 2. The van der Waals surface area contributed by atoms with Crippen molar-refractivity contribution in [2.24, 2.45) is 17.2 Å². The highest BCUT2D eigenvalue weighted by atomic mass is 16.3. The van der Waals surface area contributed by atoms with E-state index in [4.69, 9.17) is 17.2 Å². The lowest BCUT2D eigenvalue weighted by Crippen LogP contribution is -2.57. The fraction of sp³-hybridized carbons (Fsp3) is 0.423. The van der Waals surface area contributed by atoms with E-state index in [9.17, 15) is 34.8 Å². The number of fused-ring (bicyclic) bond motifs is 5. The Labute approximate surface area is 225 Å². The zero-order valence-corrected chi connectivity index (χ0v) is 21.3. The molecule has 212 valence electrons. The molecule has 13 nitrogen and oxygen atoms in total. The predicted octanol–water partition coefficient (Wildman–Crippen LogP) is -2.69. The van der Waals surface area contributed by atoms with E-state index in [1.807, 2.05) is 0 Å². The first kappa shape index (κ1) is 29.8. The molecular formula is C26H36N6O7. The molecule has 2 aromatic carbocycles.